The van der Waals surface area contributed by atoms with E-state index in [4.69, 9.17) is 5.73 Å². The van der Waals surface area contributed by atoms with Crippen molar-refractivity contribution < 1.29 is 4.79 Å². The first-order valence-electron chi connectivity index (χ1n) is 6.64. The third kappa shape index (κ3) is 4.27. The van der Waals surface area contributed by atoms with Crippen molar-refractivity contribution in [1.82, 2.24) is 15.2 Å². The molecule has 0 unspecified atom stereocenters. The number of hydrogen-bond donors (Lipinski definition) is 2. The van der Waals surface area contributed by atoms with E-state index in [0.717, 1.165) is 11.3 Å². The fourth-order valence-corrected chi connectivity index (χ4v) is 3.92. The van der Waals surface area contributed by atoms with E-state index in [1.165, 1.54) is 40.0 Å². The van der Waals surface area contributed by atoms with Crippen LogP contribution < -0.4 is 11.1 Å². The second kappa shape index (κ2) is 7.07. The molecular weight excluding hydrogens is 350 g/mol. The number of rotatable bonds is 5. The Kier molecular flexibility index (Phi) is 4.89. The van der Waals surface area contributed by atoms with Crippen molar-refractivity contribution in [3.8, 4) is 11.3 Å². The number of thiazole rings is 1. The molecule has 0 fully saturated rings. The van der Waals surface area contributed by atoms with Crippen LogP contribution in [0.25, 0.3) is 11.3 Å². The predicted octanol–water partition coefficient (Wildman–Crippen LogP) is 3.28. The standard InChI is InChI=1S/C14H13N5OS3/c1-8-2-4-9(5-3-8)10-6-21-13(16-10)17-11(20)7-22-14-19-18-12(15)23-14/h2-6H,7H2,1H3,(H2,15,18)(H,16,17,20). The first-order chi connectivity index (χ1) is 11.1. The molecule has 0 aliphatic heterocycles. The summed E-state index contributed by atoms with van der Waals surface area (Å²) in [6.07, 6.45) is 0. The van der Waals surface area contributed by atoms with Crippen LogP contribution in [0.15, 0.2) is 34.0 Å². The monoisotopic (exact) mass is 363 g/mol. The van der Waals surface area contributed by atoms with Gasteiger partial charge in [0.05, 0.1) is 11.4 Å². The van der Waals surface area contributed by atoms with Gasteiger partial charge in [-0.05, 0) is 6.92 Å². The molecule has 0 radical (unpaired) electrons. The Balaban J connectivity index is 1.58. The maximum atomic E-state index is 11.9. The van der Waals surface area contributed by atoms with Crippen molar-refractivity contribution in [1.29, 1.82) is 0 Å². The molecule has 3 rings (SSSR count). The Labute approximate surface area is 145 Å². The average molecular weight is 363 g/mol. The van der Waals surface area contributed by atoms with Crippen molar-refractivity contribution >= 4 is 50.6 Å². The van der Waals surface area contributed by atoms with Crippen LogP contribution in [0.1, 0.15) is 5.56 Å². The molecule has 1 aromatic carbocycles. The molecule has 3 N–H and O–H groups in total. The van der Waals surface area contributed by atoms with Gasteiger partial charge in [0.25, 0.3) is 0 Å². The maximum Gasteiger partial charge on any atom is 0.236 e. The Hall–Kier alpha value is -1.97. The molecule has 0 saturated carbocycles. The van der Waals surface area contributed by atoms with Crippen LogP contribution >= 0.6 is 34.4 Å². The summed E-state index contributed by atoms with van der Waals surface area (Å²) in [6, 6.07) is 8.12. The second-order valence-corrected chi connectivity index (χ2v) is 7.74. The number of nitrogens with zero attached hydrogens (tertiary/aromatic N) is 3. The van der Waals surface area contributed by atoms with Gasteiger partial charge in [-0.25, -0.2) is 4.98 Å². The summed E-state index contributed by atoms with van der Waals surface area (Å²) in [5, 5.41) is 13.3. The van der Waals surface area contributed by atoms with Gasteiger partial charge in [-0.1, -0.05) is 52.9 Å². The third-order valence-corrected chi connectivity index (χ3v) is 5.49. The smallest absolute Gasteiger partial charge is 0.236 e. The molecule has 1 amide bonds. The summed E-state index contributed by atoms with van der Waals surface area (Å²) in [5.41, 5.74) is 8.59. The minimum Gasteiger partial charge on any atom is -0.374 e. The zero-order chi connectivity index (χ0) is 16.2. The van der Waals surface area contributed by atoms with Gasteiger partial charge in [0, 0.05) is 10.9 Å². The van der Waals surface area contributed by atoms with Crippen LogP contribution in [0.3, 0.4) is 0 Å². The number of hydrogen-bond acceptors (Lipinski definition) is 8. The number of nitrogen functional groups attached to an aromatic ring is 1. The number of anilines is 2. The molecule has 23 heavy (non-hydrogen) atoms. The highest BCUT2D eigenvalue weighted by molar-refractivity contribution is 8.01. The Morgan fingerprint density at radius 3 is 2.78 bits per heavy atom. The third-order valence-electron chi connectivity index (χ3n) is 2.85. The molecular formula is C14H13N5OS3. The van der Waals surface area contributed by atoms with Crippen molar-refractivity contribution in [3.63, 3.8) is 0 Å². The number of carbonyl (C=O) groups excluding carboxylic acids is 1. The molecule has 2 heterocycles. The van der Waals surface area contributed by atoms with E-state index < -0.39 is 0 Å². The van der Waals surface area contributed by atoms with Gasteiger partial charge in [0.1, 0.15) is 0 Å². The van der Waals surface area contributed by atoms with Crippen LogP contribution in [0, 0.1) is 6.92 Å². The summed E-state index contributed by atoms with van der Waals surface area (Å²) in [7, 11) is 0. The topological polar surface area (TPSA) is 93.8 Å². The number of nitrogens with two attached hydrogens (primary N) is 1. The number of aryl methyl sites for hydroxylation is 1. The Morgan fingerprint density at radius 1 is 1.30 bits per heavy atom. The molecule has 0 aliphatic carbocycles. The number of thioether (sulfide) groups is 1. The van der Waals surface area contributed by atoms with Gasteiger partial charge in [-0.15, -0.1) is 21.5 Å². The lowest BCUT2D eigenvalue weighted by Gasteiger charge is -2.00. The molecule has 0 atom stereocenters. The van der Waals surface area contributed by atoms with Crippen molar-refractivity contribution in [3.05, 3.63) is 35.2 Å². The zero-order valence-electron chi connectivity index (χ0n) is 12.1. The molecule has 2 aromatic heterocycles. The quantitative estimate of drug-likeness (QED) is 0.676. The van der Waals surface area contributed by atoms with E-state index >= 15 is 0 Å². The first kappa shape index (κ1) is 15.9. The number of amides is 1. The minimum atomic E-state index is -0.131. The Morgan fingerprint density at radius 2 is 2.09 bits per heavy atom. The van der Waals surface area contributed by atoms with E-state index in [9.17, 15) is 4.79 Å². The highest BCUT2D eigenvalue weighted by Crippen LogP contribution is 2.26. The second-order valence-electron chi connectivity index (χ2n) is 4.65. The molecule has 0 aliphatic rings. The van der Waals surface area contributed by atoms with E-state index in [2.05, 4.69) is 20.5 Å². The van der Waals surface area contributed by atoms with Crippen LogP contribution in [0.2, 0.25) is 0 Å². The molecule has 118 valence electrons. The molecule has 0 spiro atoms. The van der Waals surface area contributed by atoms with Gasteiger partial charge in [0.2, 0.25) is 11.0 Å². The van der Waals surface area contributed by atoms with Crippen molar-refractivity contribution in [2.24, 2.45) is 0 Å². The van der Waals surface area contributed by atoms with Crippen molar-refractivity contribution in [2.75, 3.05) is 16.8 Å². The largest absolute Gasteiger partial charge is 0.374 e. The first-order valence-corrected chi connectivity index (χ1v) is 9.32. The van der Waals surface area contributed by atoms with E-state index in [0.29, 0.717) is 14.6 Å². The van der Waals surface area contributed by atoms with Crippen LogP contribution in [0.5, 0.6) is 0 Å². The fraction of sp³-hybridized carbons (Fsp3) is 0.143. The van der Waals surface area contributed by atoms with Gasteiger partial charge in [-0.3, -0.25) is 4.79 Å². The Bertz CT molecular complexity index is 812. The van der Waals surface area contributed by atoms with Gasteiger partial charge in [0.15, 0.2) is 9.47 Å². The average Bonchev–Trinajstić information content (AvgIpc) is 3.15. The van der Waals surface area contributed by atoms with Crippen LogP contribution in [-0.4, -0.2) is 26.8 Å². The van der Waals surface area contributed by atoms with Crippen LogP contribution in [-0.2, 0) is 4.79 Å². The molecule has 0 saturated heterocycles. The lowest BCUT2D eigenvalue weighted by Crippen LogP contribution is -2.13. The maximum absolute atomic E-state index is 11.9. The number of carbonyl (C=O) groups is 1. The number of benzene rings is 1. The van der Waals surface area contributed by atoms with Gasteiger partial charge >= 0.3 is 0 Å². The summed E-state index contributed by atoms with van der Waals surface area (Å²) >= 11 is 3.97. The summed E-state index contributed by atoms with van der Waals surface area (Å²) in [4.78, 5) is 16.4. The van der Waals surface area contributed by atoms with Gasteiger partial charge in [-0.2, -0.15) is 0 Å². The number of nitrogens with one attached hydrogen (secondary N) is 1. The summed E-state index contributed by atoms with van der Waals surface area (Å²) in [6.45, 7) is 2.04. The number of aromatic nitrogens is 3. The lowest BCUT2D eigenvalue weighted by molar-refractivity contribution is -0.113. The SMILES string of the molecule is Cc1ccc(-c2csc(NC(=O)CSc3nnc(N)s3)n2)cc1. The van der Waals surface area contributed by atoms with Gasteiger partial charge < -0.3 is 11.1 Å². The molecule has 6 nitrogen and oxygen atoms in total. The highest BCUT2D eigenvalue weighted by Gasteiger charge is 2.10. The summed E-state index contributed by atoms with van der Waals surface area (Å²) in [5.74, 6) is 0.113. The molecule has 3 aromatic rings. The lowest BCUT2D eigenvalue weighted by atomic mass is 10.1. The predicted molar refractivity (Wildman–Crippen MR) is 96.0 cm³/mol. The van der Waals surface area contributed by atoms with Crippen LogP contribution in [0.4, 0.5) is 10.3 Å². The summed E-state index contributed by atoms with van der Waals surface area (Å²) < 4.78 is 0.678. The van der Waals surface area contributed by atoms with E-state index in [1.54, 1.807) is 0 Å². The fourth-order valence-electron chi connectivity index (χ4n) is 1.75. The molecule has 0 bridgehead atoms. The van der Waals surface area contributed by atoms with Crippen molar-refractivity contribution in [2.45, 2.75) is 11.3 Å². The highest BCUT2D eigenvalue weighted by atomic mass is 32.2. The minimum absolute atomic E-state index is 0.131. The zero-order valence-corrected chi connectivity index (χ0v) is 14.6. The van der Waals surface area contributed by atoms with E-state index in [1.807, 2.05) is 36.6 Å². The normalized spacial score (nSPS) is 10.7. The van der Waals surface area contributed by atoms with E-state index in [-0.39, 0.29) is 11.7 Å². The molecule has 9 heteroatoms.